The molecule has 2 heterocycles. The third kappa shape index (κ3) is 3.27. The van der Waals surface area contributed by atoms with Gasteiger partial charge in [0, 0.05) is 30.4 Å². The van der Waals surface area contributed by atoms with Crippen molar-refractivity contribution in [2.45, 2.75) is 63.3 Å². The number of hydrogen-bond donors (Lipinski definition) is 1. The van der Waals surface area contributed by atoms with Crippen LogP contribution in [0.3, 0.4) is 0 Å². The molecule has 3 aliphatic rings. The summed E-state index contributed by atoms with van der Waals surface area (Å²) in [4.78, 5) is 7.40. The van der Waals surface area contributed by atoms with Gasteiger partial charge in [-0.05, 0) is 25.2 Å². The zero-order valence-electron chi connectivity index (χ0n) is 12.3. The summed E-state index contributed by atoms with van der Waals surface area (Å²) in [5.74, 6) is 0.833. The van der Waals surface area contributed by atoms with Crippen LogP contribution >= 0.6 is 11.8 Å². The van der Waals surface area contributed by atoms with Crippen molar-refractivity contribution in [3.05, 3.63) is 0 Å². The van der Waals surface area contributed by atoms with Gasteiger partial charge in [-0.2, -0.15) is 0 Å². The minimum absolute atomic E-state index is 0.646. The number of hydrogen-bond acceptors (Lipinski definition) is 4. The Balaban J connectivity index is 1.44. The van der Waals surface area contributed by atoms with Gasteiger partial charge in [-0.25, -0.2) is 0 Å². The van der Waals surface area contributed by atoms with E-state index in [1.54, 1.807) is 0 Å². The maximum atomic E-state index is 4.73. The van der Waals surface area contributed by atoms with Gasteiger partial charge in [0.1, 0.15) is 0 Å². The number of nitrogens with zero attached hydrogens (tertiary/aromatic N) is 2. The number of likely N-dealkylation sites (tertiary alicyclic amines) is 1. The molecule has 1 saturated heterocycles. The fourth-order valence-electron chi connectivity index (χ4n) is 3.38. The Labute approximate surface area is 121 Å². The van der Waals surface area contributed by atoms with Crippen LogP contribution in [-0.2, 0) is 0 Å². The maximum Gasteiger partial charge on any atom is 0.157 e. The standard InChI is InChI=1S/C15H27N3S/c1-3-11(4-2)14-9-16-15(19-14)17-12-7-8-18(10-12)13-5-6-13/h11-14H,3-10H2,1-2H3,(H,16,17). The summed E-state index contributed by atoms with van der Waals surface area (Å²) in [5, 5.41) is 5.64. The Kier molecular flexibility index (Phi) is 4.37. The van der Waals surface area contributed by atoms with Crippen molar-refractivity contribution >= 4 is 16.9 Å². The molecule has 2 fully saturated rings. The van der Waals surface area contributed by atoms with Crippen LogP contribution in [0.25, 0.3) is 0 Å². The normalized spacial score (nSPS) is 32.1. The SMILES string of the molecule is CCC(CC)C1CN=C(NC2CCN(C3CC3)C2)S1. The molecule has 19 heavy (non-hydrogen) atoms. The van der Waals surface area contributed by atoms with E-state index in [-0.39, 0.29) is 0 Å². The van der Waals surface area contributed by atoms with E-state index in [4.69, 9.17) is 4.99 Å². The van der Waals surface area contributed by atoms with Crippen molar-refractivity contribution < 1.29 is 0 Å². The zero-order chi connectivity index (χ0) is 13.2. The lowest BCUT2D eigenvalue weighted by Crippen LogP contribution is -2.36. The molecule has 0 aromatic carbocycles. The number of amidine groups is 1. The first-order chi connectivity index (χ1) is 9.30. The van der Waals surface area contributed by atoms with Crippen LogP contribution in [0.15, 0.2) is 4.99 Å². The van der Waals surface area contributed by atoms with Crippen molar-refractivity contribution in [2.24, 2.45) is 10.9 Å². The topological polar surface area (TPSA) is 27.6 Å². The molecule has 3 nitrogen and oxygen atoms in total. The Hall–Kier alpha value is -0.220. The molecule has 3 rings (SSSR count). The molecule has 0 aromatic rings. The Bertz CT molecular complexity index is 336. The molecule has 0 aromatic heterocycles. The van der Waals surface area contributed by atoms with Crippen LogP contribution in [0.5, 0.6) is 0 Å². The lowest BCUT2D eigenvalue weighted by atomic mass is 9.99. The molecule has 2 atom stereocenters. The number of rotatable bonds is 5. The second-order valence-corrected chi connectivity index (χ2v) is 7.46. The number of thioether (sulfide) groups is 1. The van der Waals surface area contributed by atoms with Gasteiger partial charge < -0.3 is 5.32 Å². The lowest BCUT2D eigenvalue weighted by Gasteiger charge is -2.20. The third-order valence-electron chi connectivity index (χ3n) is 4.86. The molecule has 0 amide bonds. The van der Waals surface area contributed by atoms with Gasteiger partial charge in [0.15, 0.2) is 5.17 Å². The van der Waals surface area contributed by atoms with Gasteiger partial charge in [-0.3, -0.25) is 9.89 Å². The molecular formula is C15H27N3S. The molecule has 1 saturated carbocycles. The van der Waals surface area contributed by atoms with Gasteiger partial charge in [0.25, 0.3) is 0 Å². The lowest BCUT2D eigenvalue weighted by molar-refractivity contribution is 0.322. The zero-order valence-corrected chi connectivity index (χ0v) is 13.1. The number of aliphatic imine (C=N–C) groups is 1. The Morgan fingerprint density at radius 3 is 2.79 bits per heavy atom. The van der Waals surface area contributed by atoms with Gasteiger partial charge in [0.05, 0.1) is 6.54 Å². The molecule has 0 radical (unpaired) electrons. The predicted octanol–water partition coefficient (Wildman–Crippen LogP) is 2.72. The van der Waals surface area contributed by atoms with Gasteiger partial charge >= 0.3 is 0 Å². The van der Waals surface area contributed by atoms with E-state index in [1.807, 2.05) is 11.8 Å². The molecule has 4 heteroatoms. The summed E-state index contributed by atoms with van der Waals surface area (Å²) in [6, 6.07) is 1.56. The quantitative estimate of drug-likeness (QED) is 0.839. The molecule has 2 aliphatic heterocycles. The van der Waals surface area contributed by atoms with E-state index in [9.17, 15) is 0 Å². The minimum Gasteiger partial charge on any atom is -0.361 e. The summed E-state index contributed by atoms with van der Waals surface area (Å²) in [5.41, 5.74) is 0. The number of nitrogens with one attached hydrogen (secondary N) is 1. The van der Waals surface area contributed by atoms with E-state index in [2.05, 4.69) is 24.1 Å². The van der Waals surface area contributed by atoms with Crippen molar-refractivity contribution in [3.8, 4) is 0 Å². The smallest absolute Gasteiger partial charge is 0.157 e. The van der Waals surface area contributed by atoms with E-state index < -0.39 is 0 Å². The summed E-state index contributed by atoms with van der Waals surface area (Å²) in [6.45, 7) is 8.17. The summed E-state index contributed by atoms with van der Waals surface area (Å²) < 4.78 is 0. The highest BCUT2D eigenvalue weighted by atomic mass is 32.2. The predicted molar refractivity (Wildman–Crippen MR) is 83.9 cm³/mol. The highest BCUT2D eigenvalue weighted by Gasteiger charge is 2.35. The van der Waals surface area contributed by atoms with Crippen molar-refractivity contribution in [1.29, 1.82) is 0 Å². The second-order valence-electron chi connectivity index (χ2n) is 6.23. The largest absolute Gasteiger partial charge is 0.361 e. The first-order valence-electron chi connectivity index (χ1n) is 8.01. The molecule has 1 N–H and O–H groups in total. The van der Waals surface area contributed by atoms with Gasteiger partial charge in [-0.15, -0.1) is 0 Å². The monoisotopic (exact) mass is 281 g/mol. The third-order valence-corrected chi connectivity index (χ3v) is 6.17. The van der Waals surface area contributed by atoms with E-state index >= 15 is 0 Å². The molecule has 1 aliphatic carbocycles. The molecule has 2 unspecified atom stereocenters. The summed E-state index contributed by atoms with van der Waals surface area (Å²) >= 11 is 2.00. The first-order valence-corrected chi connectivity index (χ1v) is 8.89. The van der Waals surface area contributed by atoms with Gasteiger partial charge in [0.2, 0.25) is 0 Å². The van der Waals surface area contributed by atoms with Crippen LogP contribution < -0.4 is 5.32 Å². The summed E-state index contributed by atoms with van der Waals surface area (Å²) in [7, 11) is 0. The highest BCUT2D eigenvalue weighted by Crippen LogP contribution is 2.32. The average Bonchev–Trinajstić information content (AvgIpc) is 3.00. The average molecular weight is 281 g/mol. The molecule has 0 bridgehead atoms. The Morgan fingerprint density at radius 2 is 2.11 bits per heavy atom. The van der Waals surface area contributed by atoms with Crippen LogP contribution in [0.2, 0.25) is 0 Å². The van der Waals surface area contributed by atoms with E-state index in [0.717, 1.165) is 23.8 Å². The van der Waals surface area contributed by atoms with Crippen LogP contribution in [0.4, 0.5) is 0 Å². The van der Waals surface area contributed by atoms with E-state index in [0.29, 0.717) is 6.04 Å². The molecule has 0 spiro atoms. The fourth-order valence-corrected chi connectivity index (χ4v) is 4.78. The van der Waals surface area contributed by atoms with Crippen LogP contribution in [0.1, 0.15) is 46.0 Å². The van der Waals surface area contributed by atoms with Gasteiger partial charge in [-0.1, -0.05) is 38.5 Å². The van der Waals surface area contributed by atoms with Crippen molar-refractivity contribution in [3.63, 3.8) is 0 Å². The Morgan fingerprint density at radius 1 is 1.32 bits per heavy atom. The second kappa shape index (κ2) is 6.04. The minimum atomic E-state index is 0.646. The maximum absolute atomic E-state index is 4.73. The van der Waals surface area contributed by atoms with Crippen molar-refractivity contribution in [2.75, 3.05) is 19.6 Å². The van der Waals surface area contributed by atoms with Crippen molar-refractivity contribution in [1.82, 2.24) is 10.2 Å². The fraction of sp³-hybridized carbons (Fsp3) is 0.933. The van der Waals surface area contributed by atoms with E-state index in [1.165, 1.54) is 50.4 Å². The van der Waals surface area contributed by atoms with Crippen LogP contribution in [-0.4, -0.2) is 47.0 Å². The highest BCUT2D eigenvalue weighted by molar-refractivity contribution is 8.14. The summed E-state index contributed by atoms with van der Waals surface area (Å²) in [6.07, 6.45) is 6.73. The molecule has 108 valence electrons. The first kappa shape index (κ1) is 13.7. The van der Waals surface area contributed by atoms with Crippen LogP contribution in [0, 0.1) is 5.92 Å². The molecular weight excluding hydrogens is 254 g/mol.